The lowest BCUT2D eigenvalue weighted by Gasteiger charge is -2.02. The highest BCUT2D eigenvalue weighted by atomic mass is 16.5. The van der Waals surface area contributed by atoms with Gasteiger partial charge in [0.25, 0.3) is 0 Å². The van der Waals surface area contributed by atoms with E-state index in [1.165, 1.54) is 21.3 Å². The van der Waals surface area contributed by atoms with Gasteiger partial charge in [-0.3, -0.25) is 0 Å². The molecule has 7 nitrogen and oxygen atoms in total. The maximum absolute atomic E-state index is 11.1. The van der Waals surface area contributed by atoms with E-state index in [-0.39, 0.29) is 17.8 Å². The second-order valence-corrected chi connectivity index (χ2v) is 2.12. The number of hydrogen-bond acceptors (Lipinski definition) is 7. The highest BCUT2D eigenvalue weighted by Crippen LogP contribution is 2.08. The Labute approximate surface area is 80.1 Å². The number of methoxy groups -OCH3 is 3. The highest BCUT2D eigenvalue weighted by molar-refractivity contribution is 5.85. The van der Waals surface area contributed by atoms with Gasteiger partial charge in [0.05, 0.1) is 21.3 Å². The predicted molar refractivity (Wildman–Crippen MR) is 44.3 cm³/mol. The van der Waals surface area contributed by atoms with Crippen LogP contribution in [0.25, 0.3) is 0 Å². The summed E-state index contributed by atoms with van der Waals surface area (Å²) in [6.45, 7) is 0. The second-order valence-electron chi connectivity index (χ2n) is 2.12. The summed E-state index contributed by atoms with van der Waals surface area (Å²) in [5.41, 5.74) is 0. The standard InChI is InChI=1S/C7H9N3O4/c1-12-5(11)4-8-6(13-2)10-7(9-4)14-3/h1-3H3. The van der Waals surface area contributed by atoms with Crippen molar-refractivity contribution in [2.45, 2.75) is 0 Å². The average molecular weight is 199 g/mol. The van der Waals surface area contributed by atoms with Crippen LogP contribution in [0.4, 0.5) is 0 Å². The monoisotopic (exact) mass is 199 g/mol. The summed E-state index contributed by atoms with van der Waals surface area (Å²) in [6.07, 6.45) is 0. The van der Waals surface area contributed by atoms with Crippen molar-refractivity contribution in [2.24, 2.45) is 0 Å². The first-order valence-electron chi connectivity index (χ1n) is 3.63. The molecule has 1 rings (SSSR count). The molecule has 0 aromatic carbocycles. The Morgan fingerprint density at radius 1 is 1.00 bits per heavy atom. The highest BCUT2D eigenvalue weighted by Gasteiger charge is 2.14. The number of aromatic nitrogens is 3. The van der Waals surface area contributed by atoms with Crippen molar-refractivity contribution in [3.05, 3.63) is 5.82 Å². The lowest BCUT2D eigenvalue weighted by atomic mass is 10.6. The third-order valence-electron chi connectivity index (χ3n) is 1.33. The van der Waals surface area contributed by atoms with Gasteiger partial charge in [0.2, 0.25) is 5.82 Å². The fourth-order valence-corrected chi connectivity index (χ4v) is 0.703. The Kier molecular flexibility index (Phi) is 3.16. The Morgan fingerprint density at radius 2 is 1.50 bits per heavy atom. The molecule has 1 heterocycles. The molecule has 0 aliphatic rings. The molecule has 0 unspecified atom stereocenters. The number of nitrogens with zero attached hydrogens (tertiary/aromatic N) is 3. The van der Waals surface area contributed by atoms with E-state index < -0.39 is 5.97 Å². The fraction of sp³-hybridized carbons (Fsp3) is 0.429. The summed E-state index contributed by atoms with van der Waals surface area (Å²) < 4.78 is 13.9. The second kappa shape index (κ2) is 4.35. The van der Waals surface area contributed by atoms with E-state index >= 15 is 0 Å². The number of esters is 1. The fourth-order valence-electron chi connectivity index (χ4n) is 0.703. The summed E-state index contributed by atoms with van der Waals surface area (Å²) in [5, 5.41) is 0. The number of carbonyl (C=O) groups excluding carboxylic acids is 1. The number of carbonyl (C=O) groups is 1. The van der Waals surface area contributed by atoms with Crippen LogP contribution in [0.15, 0.2) is 0 Å². The molecule has 0 spiro atoms. The molecule has 7 heteroatoms. The minimum absolute atomic E-state index is 0.00255. The Balaban J connectivity index is 3.10. The zero-order chi connectivity index (χ0) is 10.6. The maximum Gasteiger partial charge on any atom is 0.376 e. The molecule has 0 amide bonds. The van der Waals surface area contributed by atoms with Crippen LogP contribution < -0.4 is 9.47 Å². The van der Waals surface area contributed by atoms with Crippen molar-refractivity contribution in [1.29, 1.82) is 0 Å². The molecule has 0 fully saturated rings. The van der Waals surface area contributed by atoms with Crippen LogP contribution in [0.1, 0.15) is 10.6 Å². The maximum atomic E-state index is 11.1. The molecular formula is C7H9N3O4. The van der Waals surface area contributed by atoms with Crippen LogP contribution in [-0.2, 0) is 4.74 Å². The first-order valence-corrected chi connectivity index (χ1v) is 3.63. The van der Waals surface area contributed by atoms with Crippen LogP contribution in [-0.4, -0.2) is 42.3 Å². The largest absolute Gasteiger partial charge is 0.467 e. The molecular weight excluding hydrogens is 190 g/mol. The van der Waals surface area contributed by atoms with E-state index in [1.807, 2.05) is 0 Å². The van der Waals surface area contributed by atoms with E-state index in [9.17, 15) is 4.79 Å². The average Bonchev–Trinajstić information content (AvgIpc) is 2.27. The summed E-state index contributed by atoms with van der Waals surface area (Å²) in [6, 6.07) is -0.00509. The van der Waals surface area contributed by atoms with Crippen molar-refractivity contribution in [2.75, 3.05) is 21.3 Å². The Hall–Kier alpha value is -1.92. The first-order chi connectivity index (χ1) is 6.71. The van der Waals surface area contributed by atoms with Gasteiger partial charge in [-0.25, -0.2) is 4.79 Å². The molecule has 1 aromatic heterocycles. The van der Waals surface area contributed by atoms with E-state index in [0.717, 1.165) is 0 Å². The van der Waals surface area contributed by atoms with Crippen LogP contribution in [0.5, 0.6) is 12.0 Å². The first kappa shape index (κ1) is 10.2. The summed E-state index contributed by atoms with van der Waals surface area (Å²) in [7, 11) is 3.97. The molecule has 1 aromatic rings. The quantitative estimate of drug-likeness (QED) is 0.616. The van der Waals surface area contributed by atoms with Crippen molar-refractivity contribution in [3.63, 3.8) is 0 Å². The van der Waals surface area contributed by atoms with Crippen molar-refractivity contribution in [3.8, 4) is 12.0 Å². The predicted octanol–water partition coefficient (Wildman–Crippen LogP) is -0.325. The van der Waals surface area contributed by atoms with E-state index in [1.54, 1.807) is 0 Å². The van der Waals surface area contributed by atoms with Crippen LogP contribution in [0, 0.1) is 0 Å². The van der Waals surface area contributed by atoms with Crippen molar-refractivity contribution < 1.29 is 19.0 Å². The lowest BCUT2D eigenvalue weighted by Crippen LogP contribution is -2.10. The molecule has 14 heavy (non-hydrogen) atoms. The minimum atomic E-state index is -0.677. The summed E-state index contributed by atoms with van der Waals surface area (Å²) in [4.78, 5) is 22.1. The molecule has 0 radical (unpaired) electrons. The number of rotatable bonds is 3. The van der Waals surface area contributed by atoms with Gasteiger partial charge in [-0.2, -0.15) is 9.97 Å². The molecule has 0 saturated carbocycles. The summed E-state index contributed by atoms with van der Waals surface area (Å²) in [5.74, 6) is -0.833. The van der Waals surface area contributed by atoms with Gasteiger partial charge >= 0.3 is 18.0 Å². The van der Waals surface area contributed by atoms with Gasteiger partial charge in [0.15, 0.2) is 0 Å². The van der Waals surface area contributed by atoms with Crippen LogP contribution in [0.2, 0.25) is 0 Å². The SMILES string of the molecule is COC(=O)c1nc(OC)nc(OC)n1. The number of ether oxygens (including phenoxy) is 3. The lowest BCUT2D eigenvalue weighted by molar-refractivity contribution is 0.0583. The molecule has 76 valence electrons. The van der Waals surface area contributed by atoms with Gasteiger partial charge in [0.1, 0.15) is 0 Å². The van der Waals surface area contributed by atoms with Crippen LogP contribution in [0.3, 0.4) is 0 Å². The third-order valence-corrected chi connectivity index (χ3v) is 1.33. The van der Waals surface area contributed by atoms with Gasteiger partial charge in [-0.1, -0.05) is 0 Å². The van der Waals surface area contributed by atoms with Gasteiger partial charge in [-0.05, 0) is 0 Å². The molecule has 0 bridgehead atoms. The summed E-state index contributed by atoms with van der Waals surface area (Å²) >= 11 is 0. The van der Waals surface area contributed by atoms with Gasteiger partial charge in [0, 0.05) is 0 Å². The van der Waals surface area contributed by atoms with Gasteiger partial charge < -0.3 is 14.2 Å². The zero-order valence-electron chi connectivity index (χ0n) is 7.97. The third kappa shape index (κ3) is 2.06. The Morgan fingerprint density at radius 3 is 1.86 bits per heavy atom. The van der Waals surface area contributed by atoms with Gasteiger partial charge in [-0.15, -0.1) is 4.98 Å². The molecule has 0 aliphatic carbocycles. The number of hydrogen-bond donors (Lipinski definition) is 0. The van der Waals surface area contributed by atoms with Crippen molar-refractivity contribution >= 4 is 5.97 Å². The molecule has 0 N–H and O–H groups in total. The Bertz CT molecular complexity index is 319. The molecule has 0 atom stereocenters. The van der Waals surface area contributed by atoms with Crippen molar-refractivity contribution in [1.82, 2.24) is 15.0 Å². The molecule has 0 aliphatic heterocycles. The minimum Gasteiger partial charge on any atom is -0.467 e. The van der Waals surface area contributed by atoms with E-state index in [2.05, 4.69) is 19.7 Å². The topological polar surface area (TPSA) is 83.4 Å². The van der Waals surface area contributed by atoms with E-state index in [0.29, 0.717) is 0 Å². The normalized spacial score (nSPS) is 9.36. The smallest absolute Gasteiger partial charge is 0.376 e. The van der Waals surface area contributed by atoms with E-state index in [4.69, 9.17) is 9.47 Å². The van der Waals surface area contributed by atoms with Crippen LogP contribution >= 0.6 is 0 Å². The molecule has 0 saturated heterocycles. The zero-order valence-corrected chi connectivity index (χ0v) is 7.97.